The maximum Gasteiger partial charge on any atom is 0.311 e. The zero-order valence-corrected chi connectivity index (χ0v) is 11.9. The van der Waals surface area contributed by atoms with Crippen LogP contribution in [-0.4, -0.2) is 38.4 Å². The zero-order valence-electron chi connectivity index (χ0n) is 11.9. The minimum Gasteiger partial charge on any atom is -0.493 e. The van der Waals surface area contributed by atoms with E-state index in [1.807, 2.05) is 0 Å². The van der Waals surface area contributed by atoms with Gasteiger partial charge in [0, 0.05) is 5.56 Å². The minimum absolute atomic E-state index is 0.156. The predicted octanol–water partition coefficient (Wildman–Crippen LogP) is 1.40. The molecule has 1 aromatic carbocycles. The molecule has 0 aliphatic carbocycles. The molecule has 114 valence electrons. The van der Waals surface area contributed by atoms with Crippen LogP contribution in [0.1, 0.15) is 18.1 Å². The molecule has 1 heterocycles. The largest absolute Gasteiger partial charge is 0.493 e. The Morgan fingerprint density at radius 2 is 1.76 bits per heavy atom. The third kappa shape index (κ3) is 2.72. The van der Waals surface area contributed by atoms with Crippen molar-refractivity contribution in [2.45, 2.75) is 12.5 Å². The van der Waals surface area contributed by atoms with E-state index in [1.165, 1.54) is 21.3 Å². The van der Waals surface area contributed by atoms with Gasteiger partial charge in [-0.2, -0.15) is 0 Å². The van der Waals surface area contributed by atoms with Crippen molar-refractivity contribution in [2.24, 2.45) is 5.92 Å². The van der Waals surface area contributed by atoms with E-state index in [4.69, 9.17) is 18.9 Å². The topological polar surface area (TPSA) is 91.3 Å². The smallest absolute Gasteiger partial charge is 0.311 e. The average molecular weight is 296 g/mol. The second kappa shape index (κ2) is 5.90. The fourth-order valence-electron chi connectivity index (χ4n) is 2.34. The third-order valence-corrected chi connectivity index (χ3v) is 3.34. The van der Waals surface area contributed by atoms with Crippen LogP contribution in [0, 0.1) is 5.92 Å². The second-order valence-corrected chi connectivity index (χ2v) is 4.52. The van der Waals surface area contributed by atoms with Gasteiger partial charge in [0.25, 0.3) is 0 Å². The molecule has 2 rings (SSSR count). The summed E-state index contributed by atoms with van der Waals surface area (Å²) in [4.78, 5) is 22.6. The molecule has 7 nitrogen and oxygen atoms in total. The van der Waals surface area contributed by atoms with Crippen molar-refractivity contribution in [3.8, 4) is 17.2 Å². The predicted molar refractivity (Wildman–Crippen MR) is 70.7 cm³/mol. The van der Waals surface area contributed by atoms with E-state index in [0.717, 1.165) is 0 Å². The van der Waals surface area contributed by atoms with Crippen molar-refractivity contribution in [3.05, 3.63) is 17.7 Å². The molecule has 0 saturated carbocycles. The first-order valence-electron chi connectivity index (χ1n) is 6.24. The van der Waals surface area contributed by atoms with Gasteiger partial charge in [-0.25, -0.2) is 0 Å². The molecule has 1 aliphatic heterocycles. The van der Waals surface area contributed by atoms with Crippen LogP contribution in [-0.2, 0) is 14.3 Å². The number of ether oxygens (including phenoxy) is 4. The Morgan fingerprint density at radius 3 is 2.19 bits per heavy atom. The van der Waals surface area contributed by atoms with Crippen LogP contribution in [0.3, 0.4) is 0 Å². The van der Waals surface area contributed by atoms with Gasteiger partial charge < -0.3 is 24.1 Å². The maximum absolute atomic E-state index is 11.4. The average Bonchev–Trinajstić information content (AvgIpc) is 2.87. The molecule has 0 unspecified atom stereocenters. The van der Waals surface area contributed by atoms with E-state index in [0.29, 0.717) is 22.8 Å². The summed E-state index contributed by atoms with van der Waals surface area (Å²) < 4.78 is 20.7. The summed E-state index contributed by atoms with van der Waals surface area (Å²) in [5.41, 5.74) is 0.489. The normalized spacial score (nSPS) is 20.8. The quantitative estimate of drug-likeness (QED) is 0.821. The van der Waals surface area contributed by atoms with Crippen LogP contribution >= 0.6 is 0 Å². The molecule has 0 aromatic heterocycles. The fraction of sp³-hybridized carbons (Fsp3) is 0.429. The number of carboxylic acid groups (broad SMARTS) is 1. The first-order chi connectivity index (χ1) is 10.0. The Hall–Kier alpha value is -2.44. The van der Waals surface area contributed by atoms with Gasteiger partial charge in [-0.3, -0.25) is 9.59 Å². The number of carbonyl (C=O) groups excluding carboxylic acids is 1. The van der Waals surface area contributed by atoms with E-state index in [9.17, 15) is 14.7 Å². The first-order valence-corrected chi connectivity index (χ1v) is 6.24. The molecule has 0 amide bonds. The fourth-order valence-corrected chi connectivity index (χ4v) is 2.34. The molecule has 1 saturated heterocycles. The summed E-state index contributed by atoms with van der Waals surface area (Å²) in [7, 11) is 4.38. The van der Waals surface area contributed by atoms with Crippen LogP contribution in [0.5, 0.6) is 17.2 Å². The lowest BCUT2D eigenvalue weighted by Crippen LogP contribution is -2.17. The lowest BCUT2D eigenvalue weighted by molar-refractivity contribution is -0.144. The van der Waals surface area contributed by atoms with Gasteiger partial charge in [0.05, 0.1) is 27.8 Å². The van der Waals surface area contributed by atoms with Crippen LogP contribution in [0.25, 0.3) is 0 Å². The van der Waals surface area contributed by atoms with E-state index in [-0.39, 0.29) is 6.42 Å². The molecule has 1 aromatic rings. The Balaban J connectivity index is 2.48. The van der Waals surface area contributed by atoms with Crippen molar-refractivity contribution < 1.29 is 33.6 Å². The molecule has 7 heteroatoms. The van der Waals surface area contributed by atoms with E-state index in [1.54, 1.807) is 12.1 Å². The van der Waals surface area contributed by atoms with Gasteiger partial charge in [0.2, 0.25) is 5.75 Å². The van der Waals surface area contributed by atoms with Crippen molar-refractivity contribution in [1.82, 2.24) is 0 Å². The van der Waals surface area contributed by atoms with Crippen molar-refractivity contribution in [1.29, 1.82) is 0 Å². The highest BCUT2D eigenvalue weighted by molar-refractivity contribution is 5.83. The van der Waals surface area contributed by atoms with Gasteiger partial charge in [-0.1, -0.05) is 0 Å². The summed E-state index contributed by atoms with van der Waals surface area (Å²) in [5.74, 6) is -1.42. The van der Waals surface area contributed by atoms with Crippen molar-refractivity contribution in [3.63, 3.8) is 0 Å². The van der Waals surface area contributed by atoms with Crippen LogP contribution in [0.4, 0.5) is 0 Å². The lowest BCUT2D eigenvalue weighted by atomic mass is 9.95. The SMILES string of the molecule is COc1cc([C@@H]2OC(=O)C[C@H]2C(=O)O)cc(OC)c1OC. The summed E-state index contributed by atoms with van der Waals surface area (Å²) in [5, 5.41) is 9.20. The Kier molecular flexibility index (Phi) is 4.21. The Bertz CT molecular complexity index is 541. The zero-order chi connectivity index (χ0) is 15.6. The van der Waals surface area contributed by atoms with Gasteiger partial charge in [-0.05, 0) is 12.1 Å². The van der Waals surface area contributed by atoms with Crippen LogP contribution in [0.15, 0.2) is 12.1 Å². The highest BCUT2D eigenvalue weighted by atomic mass is 16.6. The second-order valence-electron chi connectivity index (χ2n) is 4.52. The highest BCUT2D eigenvalue weighted by Crippen LogP contribution is 2.44. The lowest BCUT2D eigenvalue weighted by Gasteiger charge is -2.18. The third-order valence-electron chi connectivity index (χ3n) is 3.34. The number of hydrogen-bond donors (Lipinski definition) is 1. The molecule has 0 spiro atoms. The van der Waals surface area contributed by atoms with Gasteiger partial charge in [-0.15, -0.1) is 0 Å². The molecule has 21 heavy (non-hydrogen) atoms. The number of cyclic esters (lactones) is 1. The van der Waals surface area contributed by atoms with Gasteiger partial charge in [0.1, 0.15) is 12.0 Å². The number of methoxy groups -OCH3 is 3. The number of aliphatic carboxylic acids is 1. The molecular formula is C14H16O7. The number of rotatable bonds is 5. The number of esters is 1. The standard InChI is InChI=1S/C14H16O7/c1-18-9-4-7(5-10(19-2)13(9)20-3)12-8(14(16)17)6-11(15)21-12/h4-5,8,12H,6H2,1-3H3,(H,16,17)/t8-,12+/m1/s1. The Morgan fingerprint density at radius 1 is 1.19 bits per heavy atom. The van der Waals surface area contributed by atoms with Crippen LogP contribution < -0.4 is 14.2 Å². The van der Waals surface area contributed by atoms with E-state index >= 15 is 0 Å². The highest BCUT2D eigenvalue weighted by Gasteiger charge is 2.41. The summed E-state index contributed by atoms with van der Waals surface area (Å²) in [6.07, 6.45) is -1.03. The molecular weight excluding hydrogens is 280 g/mol. The monoisotopic (exact) mass is 296 g/mol. The molecule has 2 atom stereocenters. The number of carbonyl (C=O) groups is 2. The maximum atomic E-state index is 11.4. The molecule has 0 radical (unpaired) electrons. The first kappa shape index (κ1) is 15.0. The molecule has 1 N–H and O–H groups in total. The summed E-state index contributed by atoms with van der Waals surface area (Å²) >= 11 is 0. The molecule has 0 bridgehead atoms. The van der Waals surface area contributed by atoms with Crippen molar-refractivity contribution >= 4 is 11.9 Å². The molecule has 1 fully saturated rings. The van der Waals surface area contributed by atoms with Crippen molar-refractivity contribution in [2.75, 3.05) is 21.3 Å². The molecule has 1 aliphatic rings. The van der Waals surface area contributed by atoms with Crippen LogP contribution in [0.2, 0.25) is 0 Å². The summed E-state index contributed by atoms with van der Waals surface area (Å²) in [6, 6.07) is 3.17. The number of carboxylic acids is 1. The number of hydrogen-bond acceptors (Lipinski definition) is 6. The minimum atomic E-state index is -1.08. The Labute approximate surface area is 121 Å². The summed E-state index contributed by atoms with van der Waals surface area (Å²) in [6.45, 7) is 0. The number of benzene rings is 1. The van der Waals surface area contributed by atoms with E-state index in [2.05, 4.69) is 0 Å². The van der Waals surface area contributed by atoms with E-state index < -0.39 is 24.0 Å². The van der Waals surface area contributed by atoms with Gasteiger partial charge >= 0.3 is 11.9 Å². The van der Waals surface area contributed by atoms with Gasteiger partial charge in [0.15, 0.2) is 11.5 Å².